The van der Waals surface area contributed by atoms with Gasteiger partial charge in [-0.1, -0.05) is 130 Å². The molecule has 0 fully saturated rings. The fourth-order valence-electron chi connectivity index (χ4n) is 4.88. The number of phenols is 2. The summed E-state index contributed by atoms with van der Waals surface area (Å²) in [5, 5.41) is 21.3. The molecule has 0 aliphatic heterocycles. The average molecular weight is 447 g/mol. The van der Waals surface area contributed by atoms with Crippen LogP contribution >= 0.6 is 0 Å². The Labute approximate surface area is 200 Å². The summed E-state index contributed by atoms with van der Waals surface area (Å²) in [7, 11) is 0. The van der Waals surface area contributed by atoms with Gasteiger partial charge in [0.25, 0.3) is 0 Å². The summed E-state index contributed by atoms with van der Waals surface area (Å²) in [6.45, 7) is 8.89. The second kappa shape index (κ2) is 18.3. The van der Waals surface area contributed by atoms with Crippen LogP contribution < -0.4 is 0 Å². The standard InChI is InChI=1S/C30H54O2/c1-5-7-9-11-13-15-17-19-21-25(3)27-23-30(32)28(24-29(27)31)26(4)22-20-18-16-14-12-10-8-6-2/h23-26,31-32H,5-22H2,1-4H3. The number of unbranched alkanes of at least 4 members (excludes halogenated alkanes) is 14. The molecule has 2 heteroatoms. The van der Waals surface area contributed by atoms with E-state index in [9.17, 15) is 10.2 Å². The molecule has 0 radical (unpaired) electrons. The van der Waals surface area contributed by atoms with E-state index in [2.05, 4.69) is 27.7 Å². The van der Waals surface area contributed by atoms with Gasteiger partial charge in [-0.3, -0.25) is 0 Å². The van der Waals surface area contributed by atoms with Crippen LogP contribution in [-0.4, -0.2) is 10.2 Å². The minimum absolute atomic E-state index is 0.290. The summed E-state index contributed by atoms with van der Waals surface area (Å²) < 4.78 is 0. The Morgan fingerprint density at radius 2 is 0.781 bits per heavy atom. The summed E-state index contributed by atoms with van der Waals surface area (Å²) in [5.41, 5.74) is 1.82. The van der Waals surface area contributed by atoms with E-state index in [-0.39, 0.29) is 11.8 Å². The van der Waals surface area contributed by atoms with Crippen molar-refractivity contribution in [1.29, 1.82) is 0 Å². The second-order valence-electron chi connectivity index (χ2n) is 10.3. The highest BCUT2D eigenvalue weighted by Gasteiger charge is 2.17. The first-order chi connectivity index (χ1) is 15.5. The molecule has 0 aliphatic rings. The van der Waals surface area contributed by atoms with Gasteiger partial charge in [-0.25, -0.2) is 0 Å². The van der Waals surface area contributed by atoms with Gasteiger partial charge in [0, 0.05) is 11.1 Å². The summed E-state index contributed by atoms with van der Waals surface area (Å²) >= 11 is 0. The van der Waals surface area contributed by atoms with Gasteiger partial charge < -0.3 is 10.2 Å². The van der Waals surface area contributed by atoms with Crippen molar-refractivity contribution >= 4 is 0 Å². The normalized spacial score (nSPS) is 13.4. The van der Waals surface area contributed by atoms with Gasteiger partial charge in [0.2, 0.25) is 0 Å². The summed E-state index contributed by atoms with van der Waals surface area (Å²) in [6.07, 6.45) is 23.3. The number of benzene rings is 1. The Morgan fingerprint density at radius 1 is 0.500 bits per heavy atom. The molecule has 0 amide bonds. The molecule has 0 aromatic heterocycles. The maximum atomic E-state index is 10.7. The molecule has 0 heterocycles. The number of hydrogen-bond donors (Lipinski definition) is 2. The molecule has 2 nitrogen and oxygen atoms in total. The molecule has 0 aliphatic carbocycles. The lowest BCUT2D eigenvalue weighted by Crippen LogP contribution is -1.99. The molecular formula is C30H54O2. The molecule has 2 unspecified atom stereocenters. The van der Waals surface area contributed by atoms with Crippen molar-refractivity contribution < 1.29 is 10.2 Å². The van der Waals surface area contributed by atoms with Gasteiger partial charge in [-0.2, -0.15) is 0 Å². The highest BCUT2D eigenvalue weighted by atomic mass is 16.3. The van der Waals surface area contributed by atoms with E-state index in [1.54, 1.807) is 0 Å². The third kappa shape index (κ3) is 12.2. The SMILES string of the molecule is CCCCCCCCCCC(C)c1cc(O)c(C(C)CCCCCCCCCC)cc1O. The average Bonchev–Trinajstić information content (AvgIpc) is 2.78. The first kappa shape index (κ1) is 28.9. The quantitative estimate of drug-likeness (QED) is 0.154. The van der Waals surface area contributed by atoms with Gasteiger partial charge in [0.1, 0.15) is 11.5 Å². The number of hydrogen-bond acceptors (Lipinski definition) is 2. The van der Waals surface area contributed by atoms with Crippen LogP contribution in [0.15, 0.2) is 12.1 Å². The van der Waals surface area contributed by atoms with Crippen LogP contribution in [0.1, 0.15) is 166 Å². The van der Waals surface area contributed by atoms with Crippen molar-refractivity contribution in [2.75, 3.05) is 0 Å². The van der Waals surface area contributed by atoms with Crippen molar-refractivity contribution in [1.82, 2.24) is 0 Å². The Balaban J connectivity index is 2.35. The number of aromatic hydroxyl groups is 2. The topological polar surface area (TPSA) is 40.5 Å². The van der Waals surface area contributed by atoms with Gasteiger partial charge in [0.05, 0.1) is 0 Å². The largest absolute Gasteiger partial charge is 0.508 e. The number of phenolic OH excluding ortho intramolecular Hbond substituents is 2. The van der Waals surface area contributed by atoms with Crippen LogP contribution in [0.5, 0.6) is 11.5 Å². The van der Waals surface area contributed by atoms with E-state index in [0.29, 0.717) is 11.5 Å². The predicted molar refractivity (Wildman–Crippen MR) is 141 cm³/mol. The monoisotopic (exact) mass is 446 g/mol. The molecule has 1 rings (SSSR count). The molecule has 2 N–H and O–H groups in total. The molecule has 0 saturated carbocycles. The van der Waals surface area contributed by atoms with Crippen LogP contribution in [0.3, 0.4) is 0 Å². The summed E-state index contributed by atoms with van der Waals surface area (Å²) in [4.78, 5) is 0. The minimum Gasteiger partial charge on any atom is -0.508 e. The predicted octanol–water partition coefficient (Wildman–Crippen LogP) is 10.4. The third-order valence-electron chi connectivity index (χ3n) is 7.22. The summed E-state index contributed by atoms with van der Waals surface area (Å²) in [5.74, 6) is 1.32. The minimum atomic E-state index is 0.290. The van der Waals surface area contributed by atoms with Crippen molar-refractivity contribution in [2.45, 2.75) is 155 Å². The fourth-order valence-corrected chi connectivity index (χ4v) is 4.88. The molecule has 0 spiro atoms. The number of rotatable bonds is 20. The Kier molecular flexibility index (Phi) is 16.5. The van der Waals surface area contributed by atoms with Crippen molar-refractivity contribution in [3.05, 3.63) is 23.3 Å². The van der Waals surface area contributed by atoms with E-state index < -0.39 is 0 Å². The van der Waals surface area contributed by atoms with Gasteiger partial charge in [0.15, 0.2) is 0 Å². The fraction of sp³-hybridized carbons (Fsp3) is 0.800. The lowest BCUT2D eigenvalue weighted by Gasteiger charge is -2.19. The first-order valence-electron chi connectivity index (χ1n) is 14.1. The van der Waals surface area contributed by atoms with E-state index >= 15 is 0 Å². The lowest BCUT2D eigenvalue weighted by molar-refractivity contribution is 0.434. The molecule has 2 atom stereocenters. The molecular weight excluding hydrogens is 392 g/mol. The zero-order chi connectivity index (χ0) is 23.6. The van der Waals surface area contributed by atoms with Crippen molar-refractivity contribution in [2.24, 2.45) is 0 Å². The molecule has 186 valence electrons. The van der Waals surface area contributed by atoms with E-state index in [4.69, 9.17) is 0 Å². The van der Waals surface area contributed by atoms with Gasteiger partial charge in [-0.05, 0) is 36.8 Å². The van der Waals surface area contributed by atoms with Crippen LogP contribution in [0.2, 0.25) is 0 Å². The second-order valence-corrected chi connectivity index (χ2v) is 10.3. The van der Waals surface area contributed by atoms with Crippen LogP contribution in [0.4, 0.5) is 0 Å². The zero-order valence-corrected chi connectivity index (χ0v) is 21.9. The highest BCUT2D eigenvalue weighted by molar-refractivity contribution is 5.47. The van der Waals surface area contributed by atoms with E-state index in [1.165, 1.54) is 103 Å². The Bertz CT molecular complexity index is 529. The van der Waals surface area contributed by atoms with E-state index in [0.717, 1.165) is 24.0 Å². The lowest BCUT2D eigenvalue weighted by atomic mass is 9.88. The van der Waals surface area contributed by atoms with Crippen LogP contribution in [0, 0.1) is 0 Å². The van der Waals surface area contributed by atoms with Crippen molar-refractivity contribution in [3.8, 4) is 11.5 Å². The highest BCUT2D eigenvalue weighted by Crippen LogP contribution is 2.38. The molecule has 32 heavy (non-hydrogen) atoms. The summed E-state index contributed by atoms with van der Waals surface area (Å²) in [6, 6.07) is 3.68. The molecule has 1 aromatic carbocycles. The maximum Gasteiger partial charge on any atom is 0.119 e. The zero-order valence-electron chi connectivity index (χ0n) is 21.9. The third-order valence-corrected chi connectivity index (χ3v) is 7.22. The van der Waals surface area contributed by atoms with Crippen molar-refractivity contribution in [3.63, 3.8) is 0 Å². The smallest absolute Gasteiger partial charge is 0.119 e. The first-order valence-corrected chi connectivity index (χ1v) is 14.1. The Hall–Kier alpha value is -1.18. The van der Waals surface area contributed by atoms with Crippen LogP contribution in [-0.2, 0) is 0 Å². The molecule has 1 aromatic rings. The maximum absolute atomic E-state index is 10.7. The van der Waals surface area contributed by atoms with Crippen LogP contribution in [0.25, 0.3) is 0 Å². The van der Waals surface area contributed by atoms with Gasteiger partial charge in [-0.15, -0.1) is 0 Å². The molecule has 0 bridgehead atoms. The van der Waals surface area contributed by atoms with E-state index in [1.807, 2.05) is 12.1 Å². The Morgan fingerprint density at radius 3 is 1.09 bits per heavy atom. The van der Waals surface area contributed by atoms with Gasteiger partial charge >= 0.3 is 0 Å². The molecule has 0 saturated heterocycles.